The first-order valence-electron chi connectivity index (χ1n) is 16.4. The standard InChI is InChI=1S/C35H42F4N4O7/c1-35(2,3)18-27(49-34(40)46)30-29(31(45)41-19-21-11-13-22(36)17-24(21)37)43-32(50-30)20-12-14-25(48-33(38)39)26(16-20)47-15-7-6-10-28(44)42-23-8-4-5-9-23/h11-14,16-17,23,27,33H,4-10,15,18-19H2,1-3H3,(H2,40,46)(H,41,45)(H,42,44). The van der Waals surface area contributed by atoms with E-state index in [1.165, 1.54) is 24.3 Å². The van der Waals surface area contributed by atoms with Gasteiger partial charge in [-0.3, -0.25) is 9.59 Å². The van der Waals surface area contributed by atoms with Gasteiger partial charge in [-0.1, -0.05) is 39.7 Å². The van der Waals surface area contributed by atoms with Gasteiger partial charge in [-0.2, -0.15) is 8.78 Å². The van der Waals surface area contributed by atoms with E-state index >= 15 is 0 Å². The number of hydrogen-bond acceptors (Lipinski definition) is 8. The van der Waals surface area contributed by atoms with Crippen molar-refractivity contribution < 1.29 is 50.6 Å². The molecule has 1 unspecified atom stereocenters. The van der Waals surface area contributed by atoms with Crippen molar-refractivity contribution in [1.29, 1.82) is 0 Å². The Morgan fingerprint density at radius 2 is 1.78 bits per heavy atom. The molecule has 1 saturated carbocycles. The number of carbonyl (C=O) groups excluding carboxylic acids is 3. The normalized spacial score (nSPS) is 14.0. The summed E-state index contributed by atoms with van der Waals surface area (Å²) in [5.74, 6) is -3.22. The van der Waals surface area contributed by atoms with Crippen LogP contribution in [0.15, 0.2) is 40.8 Å². The van der Waals surface area contributed by atoms with E-state index < -0.39 is 41.8 Å². The summed E-state index contributed by atoms with van der Waals surface area (Å²) in [4.78, 5) is 41.9. The lowest BCUT2D eigenvalue weighted by Gasteiger charge is -2.24. The van der Waals surface area contributed by atoms with Crippen LogP contribution in [0.4, 0.5) is 22.4 Å². The van der Waals surface area contributed by atoms with Crippen molar-refractivity contribution in [3.8, 4) is 23.0 Å². The molecule has 1 aromatic heterocycles. The quantitative estimate of drug-likeness (QED) is 0.103. The fourth-order valence-electron chi connectivity index (χ4n) is 5.53. The second kappa shape index (κ2) is 17.2. The van der Waals surface area contributed by atoms with E-state index in [9.17, 15) is 31.9 Å². The Labute approximate surface area is 287 Å². The second-order valence-corrected chi connectivity index (χ2v) is 13.2. The molecule has 50 heavy (non-hydrogen) atoms. The van der Waals surface area contributed by atoms with Crippen LogP contribution in [-0.4, -0.2) is 42.2 Å². The van der Waals surface area contributed by atoms with Crippen LogP contribution < -0.4 is 25.8 Å². The fraction of sp³-hybridized carbons (Fsp3) is 0.486. The van der Waals surface area contributed by atoms with E-state index in [-0.39, 0.29) is 71.5 Å². The Bertz CT molecular complexity index is 1640. The van der Waals surface area contributed by atoms with Gasteiger partial charge in [0.15, 0.2) is 29.1 Å². The average Bonchev–Trinajstić information content (AvgIpc) is 3.70. The van der Waals surface area contributed by atoms with E-state index in [0.29, 0.717) is 25.3 Å². The number of carbonyl (C=O) groups is 3. The summed E-state index contributed by atoms with van der Waals surface area (Å²) >= 11 is 0. The highest BCUT2D eigenvalue weighted by molar-refractivity contribution is 5.94. The summed E-state index contributed by atoms with van der Waals surface area (Å²) in [6.45, 7) is 2.14. The van der Waals surface area contributed by atoms with Crippen molar-refractivity contribution in [2.75, 3.05) is 6.61 Å². The Balaban J connectivity index is 1.58. The van der Waals surface area contributed by atoms with Gasteiger partial charge in [0.2, 0.25) is 11.8 Å². The molecule has 4 rings (SSSR count). The van der Waals surface area contributed by atoms with Crippen LogP contribution in [0.5, 0.6) is 11.5 Å². The van der Waals surface area contributed by atoms with Crippen LogP contribution in [0.25, 0.3) is 11.5 Å². The van der Waals surface area contributed by atoms with Crippen molar-refractivity contribution in [3.05, 3.63) is 65.1 Å². The second-order valence-electron chi connectivity index (χ2n) is 13.2. The summed E-state index contributed by atoms with van der Waals surface area (Å²) < 4.78 is 75.9. The third-order valence-corrected chi connectivity index (χ3v) is 7.85. The van der Waals surface area contributed by atoms with Crippen LogP contribution in [0, 0.1) is 17.0 Å². The average molecular weight is 707 g/mol. The number of halogens is 4. The third kappa shape index (κ3) is 11.4. The van der Waals surface area contributed by atoms with Crippen molar-refractivity contribution in [2.45, 2.75) is 97.4 Å². The monoisotopic (exact) mass is 706 g/mol. The van der Waals surface area contributed by atoms with E-state index in [1.807, 2.05) is 20.8 Å². The molecule has 1 heterocycles. The predicted molar refractivity (Wildman–Crippen MR) is 173 cm³/mol. The lowest BCUT2D eigenvalue weighted by Crippen LogP contribution is -2.32. The van der Waals surface area contributed by atoms with Crippen LogP contribution >= 0.6 is 0 Å². The number of alkyl halides is 2. The Kier molecular flexibility index (Phi) is 13.1. The first-order valence-corrected chi connectivity index (χ1v) is 16.4. The molecule has 3 aromatic rings. The van der Waals surface area contributed by atoms with E-state index in [2.05, 4.69) is 20.4 Å². The first-order chi connectivity index (χ1) is 23.7. The maximum absolute atomic E-state index is 14.3. The number of amides is 3. The molecule has 0 aliphatic heterocycles. The largest absolute Gasteiger partial charge is 0.490 e. The molecule has 3 amide bonds. The summed E-state index contributed by atoms with van der Waals surface area (Å²) in [6, 6.07) is 7.02. The third-order valence-electron chi connectivity index (χ3n) is 7.85. The van der Waals surface area contributed by atoms with Gasteiger partial charge in [-0.25, -0.2) is 18.6 Å². The van der Waals surface area contributed by atoms with E-state index in [0.717, 1.165) is 31.7 Å². The highest BCUT2D eigenvalue weighted by Crippen LogP contribution is 2.38. The van der Waals surface area contributed by atoms with Crippen molar-refractivity contribution >= 4 is 17.9 Å². The molecule has 1 fully saturated rings. The number of rotatable bonds is 16. The number of ether oxygens (including phenoxy) is 3. The van der Waals surface area contributed by atoms with Crippen LogP contribution in [0.1, 0.15) is 100 Å². The van der Waals surface area contributed by atoms with Gasteiger partial charge in [-0.05, 0) is 61.8 Å². The van der Waals surface area contributed by atoms with Crippen LogP contribution in [0.3, 0.4) is 0 Å². The lowest BCUT2D eigenvalue weighted by atomic mass is 9.88. The molecule has 0 spiro atoms. The summed E-state index contributed by atoms with van der Waals surface area (Å²) in [5.41, 5.74) is 4.75. The molecule has 1 atom stereocenters. The SMILES string of the molecule is CC(C)(C)CC(OC(N)=O)c1oc(-c2ccc(OC(F)F)c(OCCCCC(=O)NC3CCCC3)c2)nc1C(=O)NCc1ccc(F)cc1F. The number of unbranched alkanes of at least 4 members (excludes halogenated alkanes) is 1. The minimum absolute atomic E-state index is 0.00417. The fourth-order valence-corrected chi connectivity index (χ4v) is 5.53. The van der Waals surface area contributed by atoms with Gasteiger partial charge in [0.05, 0.1) is 6.61 Å². The predicted octanol–water partition coefficient (Wildman–Crippen LogP) is 7.33. The molecule has 0 bridgehead atoms. The molecule has 0 radical (unpaired) electrons. The van der Waals surface area contributed by atoms with Gasteiger partial charge < -0.3 is 35.0 Å². The smallest absolute Gasteiger partial charge is 0.405 e. The number of nitrogens with zero attached hydrogens (tertiary/aromatic N) is 1. The number of nitrogens with one attached hydrogen (secondary N) is 2. The van der Waals surface area contributed by atoms with Crippen molar-refractivity contribution in [2.24, 2.45) is 11.1 Å². The highest BCUT2D eigenvalue weighted by Gasteiger charge is 2.33. The van der Waals surface area contributed by atoms with E-state index in [4.69, 9.17) is 19.6 Å². The van der Waals surface area contributed by atoms with Gasteiger partial charge in [0.1, 0.15) is 11.6 Å². The van der Waals surface area contributed by atoms with Gasteiger partial charge in [-0.15, -0.1) is 0 Å². The first kappa shape index (κ1) is 38.0. The molecular weight excluding hydrogens is 664 g/mol. The maximum Gasteiger partial charge on any atom is 0.405 e. The molecule has 2 aromatic carbocycles. The molecule has 0 saturated heterocycles. The van der Waals surface area contributed by atoms with Crippen LogP contribution in [-0.2, 0) is 16.1 Å². The van der Waals surface area contributed by atoms with Gasteiger partial charge in [0, 0.05) is 36.2 Å². The summed E-state index contributed by atoms with van der Waals surface area (Å²) in [6.07, 6.45) is 3.20. The minimum Gasteiger partial charge on any atom is -0.490 e. The topological polar surface area (TPSA) is 155 Å². The molecule has 15 heteroatoms. The molecule has 4 N–H and O–H groups in total. The maximum atomic E-state index is 14.3. The molecule has 1 aliphatic carbocycles. The number of benzene rings is 2. The van der Waals surface area contributed by atoms with E-state index in [1.54, 1.807) is 0 Å². The van der Waals surface area contributed by atoms with Crippen LogP contribution in [0.2, 0.25) is 0 Å². The highest BCUT2D eigenvalue weighted by atomic mass is 19.3. The zero-order valence-electron chi connectivity index (χ0n) is 28.2. The molecule has 1 aliphatic rings. The van der Waals surface area contributed by atoms with Gasteiger partial charge >= 0.3 is 12.7 Å². The Hall–Kier alpha value is -4.82. The molecule has 272 valence electrons. The number of hydrogen-bond donors (Lipinski definition) is 3. The summed E-state index contributed by atoms with van der Waals surface area (Å²) in [7, 11) is 0. The molecule has 11 nitrogen and oxygen atoms in total. The minimum atomic E-state index is -3.15. The number of aromatic nitrogens is 1. The zero-order chi connectivity index (χ0) is 36.4. The van der Waals surface area contributed by atoms with Gasteiger partial charge in [0.25, 0.3) is 5.91 Å². The van der Waals surface area contributed by atoms with Crippen molar-refractivity contribution in [3.63, 3.8) is 0 Å². The Morgan fingerprint density at radius 1 is 1.04 bits per heavy atom. The zero-order valence-corrected chi connectivity index (χ0v) is 28.2. The molecular formula is C35H42F4N4O7. The number of nitrogens with two attached hydrogens (primary N) is 1. The number of oxazole rings is 1. The summed E-state index contributed by atoms with van der Waals surface area (Å²) in [5, 5.41) is 5.52. The van der Waals surface area contributed by atoms with Crippen molar-refractivity contribution in [1.82, 2.24) is 15.6 Å². The number of primary amides is 1. The Morgan fingerprint density at radius 3 is 2.44 bits per heavy atom. The lowest BCUT2D eigenvalue weighted by molar-refractivity contribution is -0.121.